The fraction of sp³-hybridized carbons (Fsp3) is 0.364. The molecule has 0 fully saturated rings. The molecule has 0 bridgehead atoms. The molecule has 0 radical (unpaired) electrons. The Kier molecular flexibility index (Phi) is 4.13. The van der Waals surface area contributed by atoms with E-state index in [1.807, 2.05) is 18.2 Å². The molecule has 14 heavy (non-hydrogen) atoms. The van der Waals surface area contributed by atoms with Crippen LogP contribution in [0.1, 0.15) is 18.9 Å². The average Bonchev–Trinajstić information content (AvgIpc) is 2.16. The van der Waals surface area contributed by atoms with Crippen LogP contribution in [0, 0.1) is 0 Å². The number of aryl methyl sites for hydroxylation is 1. The van der Waals surface area contributed by atoms with Crippen LogP contribution in [0.4, 0.5) is 0 Å². The second-order valence-electron chi connectivity index (χ2n) is 3.03. The maximum Gasteiger partial charge on any atom is 0.308 e. The van der Waals surface area contributed by atoms with Gasteiger partial charge in [0.05, 0.1) is 0 Å². The maximum atomic E-state index is 10.8. The molecule has 1 N–H and O–H groups in total. The van der Waals surface area contributed by atoms with E-state index in [-0.39, 0.29) is 12.6 Å². The Bertz CT molecular complexity index is 307. The van der Waals surface area contributed by atoms with Crippen LogP contribution in [0.5, 0.6) is 5.75 Å². The molecule has 0 heterocycles. The van der Waals surface area contributed by atoms with Gasteiger partial charge in [0.1, 0.15) is 5.75 Å². The summed E-state index contributed by atoms with van der Waals surface area (Å²) in [6.45, 7) is 1.53. The van der Waals surface area contributed by atoms with Crippen molar-refractivity contribution in [2.75, 3.05) is 6.61 Å². The smallest absolute Gasteiger partial charge is 0.308 e. The van der Waals surface area contributed by atoms with E-state index in [9.17, 15) is 4.79 Å². The van der Waals surface area contributed by atoms with Crippen LogP contribution in [0.2, 0.25) is 0 Å². The zero-order valence-electron chi connectivity index (χ0n) is 8.19. The molecule has 0 aliphatic heterocycles. The molecule has 0 amide bonds. The molecule has 3 heteroatoms. The number of hydrogen-bond donors (Lipinski definition) is 1. The molecular weight excluding hydrogens is 180 g/mol. The number of para-hydroxylation sites is 1. The quantitative estimate of drug-likeness (QED) is 0.584. The number of aliphatic hydroxyl groups is 1. The Morgan fingerprint density at radius 2 is 2.14 bits per heavy atom. The number of benzene rings is 1. The summed E-state index contributed by atoms with van der Waals surface area (Å²) in [6.07, 6.45) is 1.40. The molecule has 76 valence electrons. The van der Waals surface area contributed by atoms with Crippen LogP contribution in [0.15, 0.2) is 24.3 Å². The zero-order valence-corrected chi connectivity index (χ0v) is 8.19. The summed E-state index contributed by atoms with van der Waals surface area (Å²) in [7, 11) is 0. The molecule has 0 saturated carbocycles. The van der Waals surface area contributed by atoms with E-state index in [2.05, 4.69) is 0 Å². The fourth-order valence-electron chi connectivity index (χ4n) is 1.23. The van der Waals surface area contributed by atoms with Gasteiger partial charge < -0.3 is 9.84 Å². The van der Waals surface area contributed by atoms with Crippen molar-refractivity contribution in [3.8, 4) is 5.75 Å². The van der Waals surface area contributed by atoms with Gasteiger partial charge in [-0.3, -0.25) is 4.79 Å². The van der Waals surface area contributed by atoms with Crippen molar-refractivity contribution in [1.82, 2.24) is 0 Å². The van der Waals surface area contributed by atoms with Crippen molar-refractivity contribution in [2.45, 2.75) is 19.8 Å². The number of carbonyl (C=O) groups is 1. The molecule has 0 unspecified atom stereocenters. The molecular formula is C11H14O3. The van der Waals surface area contributed by atoms with E-state index in [4.69, 9.17) is 9.84 Å². The lowest BCUT2D eigenvalue weighted by molar-refractivity contribution is -0.131. The first-order valence-electron chi connectivity index (χ1n) is 4.61. The van der Waals surface area contributed by atoms with Gasteiger partial charge in [0.15, 0.2) is 0 Å². The van der Waals surface area contributed by atoms with Gasteiger partial charge in [-0.2, -0.15) is 0 Å². The van der Waals surface area contributed by atoms with Crippen LogP contribution in [-0.2, 0) is 11.2 Å². The highest BCUT2D eigenvalue weighted by Crippen LogP contribution is 2.19. The van der Waals surface area contributed by atoms with Crippen molar-refractivity contribution < 1.29 is 14.6 Å². The standard InChI is InChI=1S/C11H14O3/c1-9(13)14-11-7-3-2-5-10(11)6-4-8-12/h2-3,5,7,12H,4,6,8H2,1H3. The lowest BCUT2D eigenvalue weighted by Crippen LogP contribution is -2.04. The summed E-state index contributed by atoms with van der Waals surface area (Å²) in [4.78, 5) is 10.8. The van der Waals surface area contributed by atoms with Crippen molar-refractivity contribution in [2.24, 2.45) is 0 Å². The highest BCUT2D eigenvalue weighted by atomic mass is 16.5. The van der Waals surface area contributed by atoms with Gasteiger partial charge in [-0.25, -0.2) is 0 Å². The van der Waals surface area contributed by atoms with E-state index in [1.165, 1.54) is 6.92 Å². The van der Waals surface area contributed by atoms with E-state index in [0.29, 0.717) is 12.2 Å². The Balaban J connectivity index is 2.74. The minimum atomic E-state index is -0.318. The van der Waals surface area contributed by atoms with Crippen molar-refractivity contribution in [3.63, 3.8) is 0 Å². The van der Waals surface area contributed by atoms with Crippen LogP contribution in [-0.4, -0.2) is 17.7 Å². The summed E-state index contributed by atoms with van der Waals surface area (Å²) < 4.78 is 5.02. The number of ether oxygens (including phenoxy) is 1. The molecule has 1 rings (SSSR count). The highest BCUT2D eigenvalue weighted by Gasteiger charge is 2.04. The molecule has 1 aromatic rings. The molecule has 0 aromatic heterocycles. The largest absolute Gasteiger partial charge is 0.426 e. The van der Waals surface area contributed by atoms with Gasteiger partial charge >= 0.3 is 5.97 Å². The molecule has 0 spiro atoms. The first-order chi connectivity index (χ1) is 6.74. The fourth-order valence-corrected chi connectivity index (χ4v) is 1.23. The van der Waals surface area contributed by atoms with Gasteiger partial charge in [-0.15, -0.1) is 0 Å². The summed E-state index contributed by atoms with van der Waals surface area (Å²) in [5.74, 6) is 0.273. The summed E-state index contributed by atoms with van der Waals surface area (Å²) >= 11 is 0. The molecule has 0 saturated heterocycles. The van der Waals surface area contributed by atoms with Crippen LogP contribution >= 0.6 is 0 Å². The van der Waals surface area contributed by atoms with Crippen LogP contribution in [0.3, 0.4) is 0 Å². The molecule has 0 atom stereocenters. The molecule has 1 aromatic carbocycles. The number of carbonyl (C=O) groups excluding carboxylic acids is 1. The van der Waals surface area contributed by atoms with Crippen LogP contribution < -0.4 is 4.74 Å². The second kappa shape index (κ2) is 5.40. The number of aliphatic hydroxyl groups excluding tert-OH is 1. The van der Waals surface area contributed by atoms with Crippen molar-refractivity contribution >= 4 is 5.97 Å². The number of rotatable bonds is 4. The predicted molar refractivity (Wildman–Crippen MR) is 53.2 cm³/mol. The topological polar surface area (TPSA) is 46.5 Å². The minimum absolute atomic E-state index is 0.147. The predicted octanol–water partition coefficient (Wildman–Crippen LogP) is 1.54. The highest BCUT2D eigenvalue weighted by molar-refractivity contribution is 5.69. The Labute approximate surface area is 83.3 Å². The third-order valence-corrected chi connectivity index (χ3v) is 1.83. The van der Waals surface area contributed by atoms with E-state index < -0.39 is 0 Å². The third-order valence-electron chi connectivity index (χ3n) is 1.83. The van der Waals surface area contributed by atoms with Gasteiger partial charge in [0.2, 0.25) is 0 Å². The minimum Gasteiger partial charge on any atom is -0.426 e. The van der Waals surface area contributed by atoms with Gasteiger partial charge in [0, 0.05) is 13.5 Å². The van der Waals surface area contributed by atoms with E-state index >= 15 is 0 Å². The zero-order chi connectivity index (χ0) is 10.4. The summed E-state index contributed by atoms with van der Waals surface area (Å²) in [6, 6.07) is 7.36. The Morgan fingerprint density at radius 3 is 2.79 bits per heavy atom. The maximum absolute atomic E-state index is 10.8. The molecule has 3 nitrogen and oxygen atoms in total. The first kappa shape index (κ1) is 10.7. The SMILES string of the molecule is CC(=O)Oc1ccccc1CCCO. The Morgan fingerprint density at radius 1 is 1.43 bits per heavy atom. The van der Waals surface area contributed by atoms with Crippen molar-refractivity contribution in [1.29, 1.82) is 0 Å². The van der Waals surface area contributed by atoms with E-state index in [0.717, 1.165) is 12.0 Å². The number of hydrogen-bond acceptors (Lipinski definition) is 3. The van der Waals surface area contributed by atoms with Crippen LogP contribution in [0.25, 0.3) is 0 Å². The van der Waals surface area contributed by atoms with Gasteiger partial charge in [-0.1, -0.05) is 18.2 Å². The van der Waals surface area contributed by atoms with Crippen molar-refractivity contribution in [3.05, 3.63) is 29.8 Å². The van der Waals surface area contributed by atoms with E-state index in [1.54, 1.807) is 6.07 Å². The van der Waals surface area contributed by atoms with Gasteiger partial charge in [0.25, 0.3) is 0 Å². The summed E-state index contributed by atoms with van der Waals surface area (Å²) in [5.41, 5.74) is 0.955. The molecule has 0 aliphatic rings. The monoisotopic (exact) mass is 194 g/mol. The van der Waals surface area contributed by atoms with Gasteiger partial charge in [-0.05, 0) is 24.5 Å². The summed E-state index contributed by atoms with van der Waals surface area (Å²) in [5, 5.41) is 8.69. The number of esters is 1. The second-order valence-corrected chi connectivity index (χ2v) is 3.03. The first-order valence-corrected chi connectivity index (χ1v) is 4.61. The molecule has 0 aliphatic carbocycles. The lowest BCUT2D eigenvalue weighted by Gasteiger charge is -2.07. The normalized spacial score (nSPS) is 9.86. The Hall–Kier alpha value is -1.35. The lowest BCUT2D eigenvalue weighted by atomic mass is 10.1. The third kappa shape index (κ3) is 3.18. The average molecular weight is 194 g/mol.